The molecule has 0 aliphatic rings. The molecule has 28 heavy (non-hydrogen) atoms. The van der Waals surface area contributed by atoms with Crippen molar-refractivity contribution < 1.29 is 17.9 Å². The van der Waals surface area contributed by atoms with E-state index in [9.17, 15) is 13.2 Å². The molecule has 1 atom stereocenters. The number of nitrogens with zero attached hydrogens (tertiary/aromatic N) is 2. The van der Waals surface area contributed by atoms with Gasteiger partial charge in [0, 0.05) is 26.7 Å². The normalized spacial score (nSPS) is 12.5. The Morgan fingerprint density at radius 2 is 1.61 bits per heavy atom. The Morgan fingerprint density at radius 1 is 1.04 bits per heavy atom. The van der Waals surface area contributed by atoms with Crippen LogP contribution in [0.1, 0.15) is 22.8 Å². The van der Waals surface area contributed by atoms with E-state index in [1.165, 1.54) is 21.1 Å². The van der Waals surface area contributed by atoms with Crippen LogP contribution in [0.3, 0.4) is 0 Å². The molecule has 0 saturated heterocycles. The molecular formula is C20H27N3O4S. The molecule has 1 amide bonds. The molecular weight excluding hydrogens is 378 g/mol. The summed E-state index contributed by atoms with van der Waals surface area (Å²) in [5, 5.41) is 2.87. The molecule has 152 valence electrons. The molecule has 0 radical (unpaired) electrons. The molecule has 2 aromatic carbocycles. The van der Waals surface area contributed by atoms with E-state index < -0.39 is 10.2 Å². The number of hydrogen-bond acceptors (Lipinski definition) is 4. The van der Waals surface area contributed by atoms with Crippen LogP contribution in [0.5, 0.6) is 5.75 Å². The predicted molar refractivity (Wildman–Crippen MR) is 111 cm³/mol. The van der Waals surface area contributed by atoms with E-state index in [2.05, 4.69) is 5.32 Å². The smallest absolute Gasteiger partial charge is 0.303 e. The first-order valence-electron chi connectivity index (χ1n) is 8.88. The highest BCUT2D eigenvalue weighted by molar-refractivity contribution is 7.90. The topological polar surface area (TPSA) is 79.0 Å². The lowest BCUT2D eigenvalue weighted by Gasteiger charge is -2.23. The van der Waals surface area contributed by atoms with Gasteiger partial charge in [-0.3, -0.25) is 9.10 Å². The number of carbonyl (C=O) groups excluding carboxylic acids is 1. The van der Waals surface area contributed by atoms with Crippen LogP contribution < -0.4 is 14.4 Å². The van der Waals surface area contributed by atoms with Gasteiger partial charge in [0.15, 0.2) is 0 Å². The number of ether oxygens (including phenoxy) is 1. The molecule has 0 unspecified atom stereocenters. The summed E-state index contributed by atoms with van der Waals surface area (Å²) in [6.07, 6.45) is 0. The van der Waals surface area contributed by atoms with Crippen LogP contribution >= 0.6 is 0 Å². The van der Waals surface area contributed by atoms with Crippen LogP contribution in [0.15, 0.2) is 48.5 Å². The van der Waals surface area contributed by atoms with E-state index in [1.54, 1.807) is 24.3 Å². The van der Waals surface area contributed by atoms with Crippen molar-refractivity contribution in [3.8, 4) is 5.75 Å². The van der Waals surface area contributed by atoms with Crippen molar-refractivity contribution in [3.63, 3.8) is 0 Å². The van der Waals surface area contributed by atoms with E-state index in [1.807, 2.05) is 38.1 Å². The largest absolute Gasteiger partial charge is 0.491 e. The van der Waals surface area contributed by atoms with Gasteiger partial charge < -0.3 is 10.1 Å². The maximum Gasteiger partial charge on any atom is 0.303 e. The van der Waals surface area contributed by atoms with Crippen molar-refractivity contribution in [3.05, 3.63) is 59.7 Å². The third-order valence-corrected chi connectivity index (χ3v) is 6.02. The second-order valence-electron chi connectivity index (χ2n) is 6.80. The number of aryl methyl sites for hydroxylation is 1. The molecule has 0 bridgehead atoms. The van der Waals surface area contributed by atoms with E-state index in [4.69, 9.17) is 4.74 Å². The van der Waals surface area contributed by atoms with Gasteiger partial charge in [0.05, 0.1) is 11.7 Å². The number of rotatable bonds is 8. The van der Waals surface area contributed by atoms with Crippen LogP contribution in [0.25, 0.3) is 0 Å². The maximum atomic E-state index is 12.4. The Hall–Kier alpha value is -2.58. The standard InChI is InChI=1S/C20H27N3O4S/c1-15-6-12-19(13-7-15)27-14-16(2)21-20(24)17-8-10-18(11-9-17)23(5)28(25,26)22(3)4/h6-13,16H,14H2,1-5H3,(H,21,24)/t16-/m0/s1. The van der Waals surface area contributed by atoms with Crippen LogP contribution in [-0.4, -0.2) is 52.4 Å². The Bertz CT molecular complexity index is 894. The Morgan fingerprint density at radius 3 is 2.14 bits per heavy atom. The minimum Gasteiger partial charge on any atom is -0.491 e. The van der Waals surface area contributed by atoms with Gasteiger partial charge in [0.1, 0.15) is 12.4 Å². The Kier molecular flexibility index (Phi) is 7.04. The van der Waals surface area contributed by atoms with Crippen molar-refractivity contribution in [2.45, 2.75) is 19.9 Å². The molecule has 0 aliphatic carbocycles. The molecule has 8 heteroatoms. The molecule has 0 aliphatic heterocycles. The predicted octanol–water partition coefficient (Wildman–Crippen LogP) is 2.43. The molecule has 7 nitrogen and oxygen atoms in total. The summed E-state index contributed by atoms with van der Waals surface area (Å²) in [6.45, 7) is 4.21. The van der Waals surface area contributed by atoms with E-state index >= 15 is 0 Å². The zero-order valence-corrected chi connectivity index (χ0v) is 17.7. The molecule has 0 heterocycles. The Labute approximate surface area is 167 Å². The average molecular weight is 406 g/mol. The van der Waals surface area contributed by atoms with Gasteiger partial charge in [-0.2, -0.15) is 12.7 Å². The summed E-state index contributed by atoms with van der Waals surface area (Å²) >= 11 is 0. The SMILES string of the molecule is Cc1ccc(OC[C@H](C)NC(=O)c2ccc(N(C)S(=O)(=O)N(C)C)cc2)cc1. The fraction of sp³-hybridized carbons (Fsp3) is 0.350. The minimum atomic E-state index is -3.57. The number of hydrogen-bond donors (Lipinski definition) is 1. The van der Waals surface area contributed by atoms with Crippen LogP contribution in [0.4, 0.5) is 5.69 Å². The third-order valence-electron chi connectivity index (χ3n) is 4.20. The summed E-state index contributed by atoms with van der Waals surface area (Å²) in [6, 6.07) is 13.9. The number of anilines is 1. The summed E-state index contributed by atoms with van der Waals surface area (Å²) in [5.41, 5.74) is 2.07. The highest BCUT2D eigenvalue weighted by Gasteiger charge is 2.21. The van der Waals surface area contributed by atoms with Gasteiger partial charge >= 0.3 is 10.2 Å². The van der Waals surface area contributed by atoms with Crippen molar-refractivity contribution in [1.29, 1.82) is 0 Å². The highest BCUT2D eigenvalue weighted by Crippen LogP contribution is 2.18. The molecule has 0 spiro atoms. The van der Waals surface area contributed by atoms with Gasteiger partial charge in [0.2, 0.25) is 0 Å². The third kappa shape index (κ3) is 5.46. The molecule has 0 aromatic heterocycles. The zero-order chi connectivity index (χ0) is 20.9. The van der Waals surface area contributed by atoms with Gasteiger partial charge in [-0.05, 0) is 50.2 Å². The first kappa shape index (κ1) is 21.7. The zero-order valence-electron chi connectivity index (χ0n) is 16.8. The van der Waals surface area contributed by atoms with E-state index in [-0.39, 0.29) is 11.9 Å². The van der Waals surface area contributed by atoms with Gasteiger partial charge in [0.25, 0.3) is 5.91 Å². The number of amides is 1. The second-order valence-corrected chi connectivity index (χ2v) is 8.98. The summed E-state index contributed by atoms with van der Waals surface area (Å²) < 4.78 is 32.3. The maximum absolute atomic E-state index is 12.4. The highest BCUT2D eigenvalue weighted by atomic mass is 32.2. The molecule has 0 fully saturated rings. The first-order chi connectivity index (χ1) is 13.1. The van der Waals surface area contributed by atoms with E-state index in [0.29, 0.717) is 17.9 Å². The molecule has 2 aromatic rings. The number of carbonyl (C=O) groups is 1. The summed E-state index contributed by atoms with van der Waals surface area (Å²) in [4.78, 5) is 12.4. The fourth-order valence-corrected chi connectivity index (χ4v) is 3.28. The summed E-state index contributed by atoms with van der Waals surface area (Å²) in [5.74, 6) is 0.505. The minimum absolute atomic E-state index is 0.190. The lowest BCUT2D eigenvalue weighted by atomic mass is 10.2. The lowest BCUT2D eigenvalue weighted by molar-refractivity contribution is 0.0926. The second kappa shape index (κ2) is 9.07. The quantitative estimate of drug-likeness (QED) is 0.732. The molecule has 0 saturated carbocycles. The van der Waals surface area contributed by atoms with Gasteiger partial charge in [-0.1, -0.05) is 17.7 Å². The Balaban J connectivity index is 1.94. The van der Waals surface area contributed by atoms with Crippen LogP contribution in [0.2, 0.25) is 0 Å². The van der Waals surface area contributed by atoms with Crippen LogP contribution in [0, 0.1) is 6.92 Å². The van der Waals surface area contributed by atoms with Crippen molar-refractivity contribution >= 4 is 21.8 Å². The van der Waals surface area contributed by atoms with Crippen molar-refractivity contribution in [2.75, 3.05) is 32.1 Å². The van der Waals surface area contributed by atoms with Crippen LogP contribution in [-0.2, 0) is 10.2 Å². The van der Waals surface area contributed by atoms with Crippen molar-refractivity contribution in [1.82, 2.24) is 9.62 Å². The lowest BCUT2D eigenvalue weighted by Crippen LogP contribution is -2.37. The monoisotopic (exact) mass is 405 g/mol. The molecule has 1 N–H and O–H groups in total. The first-order valence-corrected chi connectivity index (χ1v) is 10.3. The number of nitrogens with one attached hydrogen (secondary N) is 1. The average Bonchev–Trinajstić information content (AvgIpc) is 2.66. The van der Waals surface area contributed by atoms with Crippen molar-refractivity contribution in [2.24, 2.45) is 0 Å². The van der Waals surface area contributed by atoms with Gasteiger partial charge in [-0.25, -0.2) is 0 Å². The number of benzene rings is 2. The fourth-order valence-electron chi connectivity index (χ4n) is 2.41. The van der Waals surface area contributed by atoms with Gasteiger partial charge in [-0.15, -0.1) is 0 Å². The van der Waals surface area contributed by atoms with E-state index in [0.717, 1.165) is 19.9 Å². The molecule has 2 rings (SSSR count). The summed E-state index contributed by atoms with van der Waals surface area (Å²) in [7, 11) is 0.830.